The van der Waals surface area contributed by atoms with Gasteiger partial charge in [0.2, 0.25) is 0 Å². The Labute approximate surface area is 159 Å². The highest BCUT2D eigenvalue weighted by molar-refractivity contribution is 14.0. The molecule has 1 aromatic heterocycles. The van der Waals surface area contributed by atoms with Crippen LogP contribution in [-0.2, 0) is 6.54 Å². The van der Waals surface area contributed by atoms with E-state index < -0.39 is 0 Å². The van der Waals surface area contributed by atoms with Crippen LogP contribution in [0.25, 0.3) is 0 Å². The number of thiophene rings is 1. The maximum atomic E-state index is 4.33. The van der Waals surface area contributed by atoms with Crippen molar-refractivity contribution in [1.82, 2.24) is 10.6 Å². The average Bonchev–Trinajstić information content (AvgIpc) is 3.24. The summed E-state index contributed by atoms with van der Waals surface area (Å²) < 4.78 is 0. The predicted molar refractivity (Wildman–Crippen MR) is 110 cm³/mol. The second-order valence-electron chi connectivity index (χ2n) is 5.42. The van der Waals surface area contributed by atoms with Crippen LogP contribution in [0.3, 0.4) is 0 Å². The highest BCUT2D eigenvalue weighted by Gasteiger charge is 2.23. The average molecular weight is 442 g/mol. The van der Waals surface area contributed by atoms with E-state index >= 15 is 0 Å². The lowest BCUT2D eigenvalue weighted by atomic mass is 10.3. The smallest absolute Gasteiger partial charge is 0.191 e. The van der Waals surface area contributed by atoms with Crippen LogP contribution in [0.15, 0.2) is 52.8 Å². The van der Waals surface area contributed by atoms with Crippen molar-refractivity contribution in [3.8, 4) is 0 Å². The summed E-state index contributed by atoms with van der Waals surface area (Å²) in [5, 5.41) is 9.01. The van der Waals surface area contributed by atoms with Crippen molar-refractivity contribution in [3.63, 3.8) is 0 Å². The van der Waals surface area contributed by atoms with E-state index in [4.69, 9.17) is 0 Å². The Balaban J connectivity index is 0.00000192. The fraction of sp³-hybridized carbons (Fsp3) is 0.353. The first-order valence-electron chi connectivity index (χ1n) is 7.65. The summed E-state index contributed by atoms with van der Waals surface area (Å²) in [5.74, 6) is 0.883. The highest BCUT2D eigenvalue weighted by atomic mass is 127. The predicted octanol–water partition coefficient (Wildman–Crippen LogP) is 3.31. The van der Waals surface area contributed by atoms with Gasteiger partial charge in [0.1, 0.15) is 0 Å². The van der Waals surface area contributed by atoms with E-state index in [1.807, 2.05) is 7.05 Å². The minimum absolute atomic E-state index is 0. The van der Waals surface area contributed by atoms with Crippen LogP contribution in [-0.4, -0.2) is 32.1 Å². The van der Waals surface area contributed by atoms with Crippen LogP contribution in [0, 0.1) is 0 Å². The minimum atomic E-state index is 0. The monoisotopic (exact) mass is 442 g/mol. The number of hydrogen-bond donors (Lipinski definition) is 2. The summed E-state index contributed by atoms with van der Waals surface area (Å²) in [4.78, 5) is 8.07. The van der Waals surface area contributed by atoms with E-state index in [0.29, 0.717) is 6.04 Å². The largest absolute Gasteiger partial charge is 0.369 e. The van der Waals surface area contributed by atoms with Crippen molar-refractivity contribution >= 4 is 47.0 Å². The number of hydrogen-bond acceptors (Lipinski definition) is 3. The van der Waals surface area contributed by atoms with Crippen LogP contribution in [0.4, 0.5) is 5.69 Å². The van der Waals surface area contributed by atoms with Crippen LogP contribution < -0.4 is 15.5 Å². The molecule has 124 valence electrons. The fourth-order valence-corrected chi connectivity index (χ4v) is 3.37. The zero-order valence-corrected chi connectivity index (χ0v) is 16.4. The molecule has 2 heterocycles. The van der Waals surface area contributed by atoms with Crippen LogP contribution >= 0.6 is 35.3 Å². The van der Waals surface area contributed by atoms with Crippen LogP contribution in [0.1, 0.15) is 11.3 Å². The summed E-state index contributed by atoms with van der Waals surface area (Å²) in [7, 11) is 1.83. The molecule has 1 atom stereocenters. The maximum absolute atomic E-state index is 4.33. The fourth-order valence-electron chi connectivity index (χ4n) is 2.72. The molecule has 2 N–H and O–H groups in total. The molecule has 6 heteroatoms. The second kappa shape index (κ2) is 9.12. The minimum Gasteiger partial charge on any atom is -0.369 e. The highest BCUT2D eigenvalue weighted by Crippen LogP contribution is 2.19. The number of halogens is 1. The molecule has 1 fully saturated rings. The second-order valence-corrected chi connectivity index (χ2v) is 6.45. The van der Waals surface area contributed by atoms with Crippen molar-refractivity contribution in [2.75, 3.05) is 25.0 Å². The van der Waals surface area contributed by atoms with Gasteiger partial charge in [-0.25, -0.2) is 0 Å². The molecule has 1 saturated heterocycles. The number of nitrogens with one attached hydrogen (secondary N) is 2. The molecule has 3 rings (SSSR count). The molecule has 0 spiro atoms. The van der Waals surface area contributed by atoms with E-state index in [1.54, 1.807) is 11.3 Å². The van der Waals surface area contributed by atoms with Gasteiger partial charge in [0.15, 0.2) is 5.96 Å². The third-order valence-electron chi connectivity index (χ3n) is 3.88. The van der Waals surface area contributed by atoms with Crippen molar-refractivity contribution in [3.05, 3.63) is 52.7 Å². The molecule has 0 saturated carbocycles. The number of benzene rings is 1. The molecule has 0 aliphatic carbocycles. The van der Waals surface area contributed by atoms with Gasteiger partial charge in [-0.05, 0) is 30.0 Å². The topological polar surface area (TPSA) is 39.7 Å². The van der Waals surface area contributed by atoms with Gasteiger partial charge in [-0.1, -0.05) is 24.3 Å². The molecule has 1 aliphatic heterocycles. The van der Waals surface area contributed by atoms with Gasteiger partial charge in [0, 0.05) is 36.7 Å². The first-order valence-corrected chi connectivity index (χ1v) is 8.52. The Morgan fingerprint density at radius 3 is 2.78 bits per heavy atom. The van der Waals surface area contributed by atoms with E-state index in [2.05, 4.69) is 68.4 Å². The van der Waals surface area contributed by atoms with Crippen molar-refractivity contribution in [1.29, 1.82) is 0 Å². The SMILES string of the molecule is CN=C(NCc1cccs1)NC1CCN(c2ccccc2)C1.I. The molecule has 1 unspecified atom stereocenters. The lowest BCUT2D eigenvalue weighted by molar-refractivity contribution is 0.649. The molecule has 0 radical (unpaired) electrons. The normalized spacial score (nSPS) is 17.7. The van der Waals surface area contributed by atoms with Gasteiger partial charge in [-0.3, -0.25) is 4.99 Å². The Bertz CT molecular complexity index is 600. The van der Waals surface area contributed by atoms with Gasteiger partial charge in [0.05, 0.1) is 6.54 Å². The number of aliphatic imine (C=N–C) groups is 1. The molecule has 1 aliphatic rings. The Hall–Kier alpha value is -1.28. The van der Waals surface area contributed by atoms with Gasteiger partial charge in [-0.2, -0.15) is 0 Å². The third kappa shape index (κ3) is 5.10. The van der Waals surface area contributed by atoms with Gasteiger partial charge < -0.3 is 15.5 Å². The number of para-hydroxylation sites is 1. The van der Waals surface area contributed by atoms with Crippen molar-refractivity contribution < 1.29 is 0 Å². The molecule has 0 amide bonds. The molecule has 4 nitrogen and oxygen atoms in total. The number of anilines is 1. The molecule has 0 bridgehead atoms. The molecule has 23 heavy (non-hydrogen) atoms. The van der Waals surface area contributed by atoms with Crippen molar-refractivity contribution in [2.24, 2.45) is 4.99 Å². The molecular weight excluding hydrogens is 419 g/mol. The van der Waals surface area contributed by atoms with E-state index in [1.165, 1.54) is 10.6 Å². The first kappa shape index (κ1) is 18.1. The number of nitrogens with zero attached hydrogens (tertiary/aromatic N) is 2. The Morgan fingerprint density at radius 2 is 2.09 bits per heavy atom. The number of guanidine groups is 1. The standard InChI is InChI=1S/C17H22N4S.HI/c1-18-17(19-12-16-8-5-11-22-16)20-14-9-10-21(13-14)15-6-3-2-4-7-15;/h2-8,11,14H,9-10,12-13H2,1H3,(H2,18,19,20);1H. The van der Waals surface area contributed by atoms with E-state index in [9.17, 15) is 0 Å². The van der Waals surface area contributed by atoms with E-state index in [-0.39, 0.29) is 24.0 Å². The Morgan fingerprint density at radius 1 is 1.26 bits per heavy atom. The summed E-state index contributed by atoms with van der Waals surface area (Å²) in [6, 6.07) is 15.2. The van der Waals surface area contributed by atoms with Crippen LogP contribution in [0.2, 0.25) is 0 Å². The first-order chi connectivity index (χ1) is 10.8. The zero-order valence-electron chi connectivity index (χ0n) is 13.2. The third-order valence-corrected chi connectivity index (χ3v) is 4.76. The Kier molecular flexibility index (Phi) is 7.16. The van der Waals surface area contributed by atoms with E-state index in [0.717, 1.165) is 32.0 Å². The molecular formula is C17H23IN4S. The van der Waals surface area contributed by atoms with Crippen LogP contribution in [0.5, 0.6) is 0 Å². The number of rotatable bonds is 4. The summed E-state index contributed by atoms with van der Waals surface area (Å²) in [5.41, 5.74) is 1.30. The van der Waals surface area contributed by atoms with Gasteiger partial charge >= 0.3 is 0 Å². The maximum Gasteiger partial charge on any atom is 0.191 e. The summed E-state index contributed by atoms with van der Waals surface area (Å²) in [6.07, 6.45) is 1.13. The lowest BCUT2D eigenvalue weighted by Crippen LogP contribution is -2.44. The van der Waals surface area contributed by atoms with Gasteiger partial charge in [-0.15, -0.1) is 35.3 Å². The van der Waals surface area contributed by atoms with Gasteiger partial charge in [0.25, 0.3) is 0 Å². The van der Waals surface area contributed by atoms with Crippen molar-refractivity contribution in [2.45, 2.75) is 19.0 Å². The summed E-state index contributed by atoms with van der Waals surface area (Å²) >= 11 is 1.76. The zero-order chi connectivity index (χ0) is 15.2. The quantitative estimate of drug-likeness (QED) is 0.434. The molecule has 2 aromatic rings. The molecule has 1 aromatic carbocycles. The summed E-state index contributed by atoms with van der Waals surface area (Å²) in [6.45, 7) is 2.93. The lowest BCUT2D eigenvalue weighted by Gasteiger charge is -2.20.